The van der Waals surface area contributed by atoms with E-state index in [2.05, 4.69) is 5.10 Å². The van der Waals surface area contributed by atoms with Gasteiger partial charge in [-0.05, 0) is 12.1 Å². The van der Waals surface area contributed by atoms with Gasteiger partial charge in [-0.2, -0.15) is 40.2 Å². The number of hydrogen-bond donors (Lipinski definition) is 0. The van der Waals surface area contributed by atoms with Crippen LogP contribution >= 0.6 is 0 Å². The summed E-state index contributed by atoms with van der Waals surface area (Å²) in [5.41, 5.74) is -3.14. The number of alkyl halides is 8. The topological polar surface area (TPSA) is 15.6 Å². The smallest absolute Gasteiger partial charge is 0.201 e. The van der Waals surface area contributed by atoms with Gasteiger partial charge in [0.25, 0.3) is 0 Å². The zero-order chi connectivity index (χ0) is 16.1. The molecule has 116 valence electrons. The summed E-state index contributed by atoms with van der Waals surface area (Å²) in [4.78, 5) is 0. The number of benzene rings is 1. The number of para-hydroxylation sites is 1. The standard InChI is InChI=1S/C11H6F8N2/c12-9(13,14)7-8(10(15,16)17)20-21(11(7,18)19)6-4-2-1-3-5-6/h1-5,7H. The molecule has 0 spiro atoms. The van der Waals surface area contributed by atoms with Crippen LogP contribution in [0.15, 0.2) is 35.4 Å². The molecule has 2 rings (SSSR count). The number of halogens is 8. The molecule has 1 aliphatic heterocycles. The Balaban J connectivity index is 2.57. The van der Waals surface area contributed by atoms with Crippen molar-refractivity contribution in [1.82, 2.24) is 0 Å². The lowest BCUT2D eigenvalue weighted by Crippen LogP contribution is -2.50. The average Bonchev–Trinajstić information content (AvgIpc) is 2.61. The summed E-state index contributed by atoms with van der Waals surface area (Å²) in [6.07, 6.45) is -11.4. The normalized spacial score (nSPS) is 22.4. The molecular formula is C11H6F8N2. The van der Waals surface area contributed by atoms with Gasteiger partial charge in [0.05, 0.1) is 5.69 Å². The monoisotopic (exact) mass is 318 g/mol. The molecule has 0 N–H and O–H groups in total. The second-order valence-electron chi connectivity index (χ2n) is 4.19. The van der Waals surface area contributed by atoms with Gasteiger partial charge in [0.2, 0.25) is 0 Å². The Morgan fingerprint density at radius 1 is 0.952 bits per heavy atom. The van der Waals surface area contributed by atoms with Crippen LogP contribution < -0.4 is 5.01 Å². The second-order valence-corrected chi connectivity index (χ2v) is 4.19. The third kappa shape index (κ3) is 2.66. The van der Waals surface area contributed by atoms with E-state index in [-0.39, 0.29) is 0 Å². The van der Waals surface area contributed by atoms with Crippen LogP contribution in [-0.2, 0) is 0 Å². The molecule has 0 radical (unpaired) electrons. The van der Waals surface area contributed by atoms with Crippen LogP contribution in [0.3, 0.4) is 0 Å². The van der Waals surface area contributed by atoms with Crippen molar-refractivity contribution in [1.29, 1.82) is 0 Å². The van der Waals surface area contributed by atoms with Crippen molar-refractivity contribution in [2.45, 2.75) is 18.4 Å². The van der Waals surface area contributed by atoms with E-state index in [1.807, 2.05) is 0 Å². The molecule has 0 bridgehead atoms. The molecule has 0 saturated carbocycles. The van der Waals surface area contributed by atoms with Gasteiger partial charge in [0.15, 0.2) is 11.6 Å². The van der Waals surface area contributed by atoms with E-state index in [4.69, 9.17) is 0 Å². The van der Waals surface area contributed by atoms with Crippen molar-refractivity contribution < 1.29 is 35.1 Å². The summed E-state index contributed by atoms with van der Waals surface area (Å²) in [6, 6.07) is 0.746. The highest BCUT2D eigenvalue weighted by molar-refractivity contribution is 5.96. The van der Waals surface area contributed by atoms with Gasteiger partial charge in [-0.15, -0.1) is 0 Å². The maximum atomic E-state index is 13.8. The average molecular weight is 318 g/mol. The molecule has 0 amide bonds. The van der Waals surface area contributed by atoms with Crippen molar-refractivity contribution >= 4 is 11.4 Å². The minimum absolute atomic E-state index is 0.548. The number of hydrogen-bond acceptors (Lipinski definition) is 2. The molecule has 2 nitrogen and oxygen atoms in total. The fourth-order valence-electron chi connectivity index (χ4n) is 1.89. The van der Waals surface area contributed by atoms with Gasteiger partial charge >= 0.3 is 18.4 Å². The maximum Gasteiger partial charge on any atom is 0.432 e. The maximum absolute atomic E-state index is 13.8. The first-order chi connectivity index (χ1) is 9.45. The third-order valence-electron chi connectivity index (χ3n) is 2.73. The van der Waals surface area contributed by atoms with E-state index in [0.29, 0.717) is 0 Å². The Labute approximate surface area is 112 Å². The Morgan fingerprint density at radius 3 is 1.86 bits per heavy atom. The van der Waals surface area contributed by atoms with E-state index >= 15 is 0 Å². The second kappa shape index (κ2) is 4.57. The summed E-state index contributed by atoms with van der Waals surface area (Å²) in [6.45, 7) is 0. The highest BCUT2D eigenvalue weighted by Gasteiger charge is 2.70. The van der Waals surface area contributed by atoms with Crippen molar-refractivity contribution in [2.75, 3.05) is 5.01 Å². The van der Waals surface area contributed by atoms with Crippen LogP contribution in [0, 0.1) is 5.92 Å². The van der Waals surface area contributed by atoms with Crippen LogP contribution in [0.5, 0.6) is 0 Å². The van der Waals surface area contributed by atoms with Gasteiger partial charge < -0.3 is 0 Å². The minimum Gasteiger partial charge on any atom is -0.201 e. The molecule has 21 heavy (non-hydrogen) atoms. The highest BCUT2D eigenvalue weighted by atomic mass is 19.4. The molecule has 0 aromatic heterocycles. The fraction of sp³-hybridized carbons (Fsp3) is 0.364. The molecule has 1 atom stereocenters. The Hall–Kier alpha value is -1.87. The highest BCUT2D eigenvalue weighted by Crippen LogP contribution is 2.50. The number of nitrogens with zero attached hydrogens (tertiary/aromatic N) is 2. The van der Waals surface area contributed by atoms with Crippen molar-refractivity contribution in [3.63, 3.8) is 0 Å². The van der Waals surface area contributed by atoms with Crippen molar-refractivity contribution in [2.24, 2.45) is 11.0 Å². The third-order valence-corrected chi connectivity index (χ3v) is 2.73. The van der Waals surface area contributed by atoms with Crippen LogP contribution in [-0.4, -0.2) is 24.1 Å². The SMILES string of the molecule is FC(F)(F)C1=NN(c2ccccc2)C(F)(F)C1C(F)(F)F. The zero-order valence-electron chi connectivity index (χ0n) is 9.88. The molecule has 1 aromatic rings. The molecule has 1 aliphatic rings. The summed E-state index contributed by atoms with van der Waals surface area (Å²) in [7, 11) is 0. The van der Waals surface area contributed by atoms with Gasteiger partial charge in [0.1, 0.15) is 0 Å². The summed E-state index contributed by atoms with van der Waals surface area (Å²) >= 11 is 0. The van der Waals surface area contributed by atoms with E-state index in [1.165, 1.54) is 18.2 Å². The molecule has 10 heteroatoms. The first-order valence-electron chi connectivity index (χ1n) is 5.41. The Kier molecular flexibility index (Phi) is 3.37. The molecule has 1 aromatic carbocycles. The number of anilines is 1. The first-order valence-corrected chi connectivity index (χ1v) is 5.41. The molecule has 0 aliphatic carbocycles. The Bertz CT molecular complexity index is 546. The summed E-state index contributed by atoms with van der Waals surface area (Å²) in [5.74, 6) is -4.04. The lowest BCUT2D eigenvalue weighted by Gasteiger charge is -2.28. The minimum atomic E-state index is -5.79. The van der Waals surface area contributed by atoms with Crippen LogP contribution in [0.1, 0.15) is 0 Å². The quantitative estimate of drug-likeness (QED) is 0.560. The molecule has 0 fully saturated rings. The van der Waals surface area contributed by atoms with E-state index in [0.717, 1.165) is 12.1 Å². The van der Waals surface area contributed by atoms with Gasteiger partial charge in [0, 0.05) is 0 Å². The predicted octanol–water partition coefficient (Wildman–Crippen LogP) is 4.20. The van der Waals surface area contributed by atoms with E-state index < -0.39 is 40.7 Å². The number of hydrazone groups is 1. The van der Waals surface area contributed by atoms with Crippen LogP contribution in [0.2, 0.25) is 0 Å². The van der Waals surface area contributed by atoms with Crippen LogP contribution in [0.4, 0.5) is 40.8 Å². The zero-order valence-corrected chi connectivity index (χ0v) is 9.88. The van der Waals surface area contributed by atoms with Crippen molar-refractivity contribution in [3.05, 3.63) is 30.3 Å². The molecular weight excluding hydrogens is 312 g/mol. The van der Waals surface area contributed by atoms with Gasteiger partial charge in [-0.3, -0.25) is 0 Å². The van der Waals surface area contributed by atoms with Gasteiger partial charge in [-0.25, -0.2) is 5.01 Å². The van der Waals surface area contributed by atoms with Gasteiger partial charge in [-0.1, -0.05) is 18.2 Å². The number of rotatable bonds is 1. The predicted molar refractivity (Wildman–Crippen MR) is 56.9 cm³/mol. The lowest BCUT2D eigenvalue weighted by molar-refractivity contribution is -0.217. The largest absolute Gasteiger partial charge is 0.432 e. The first kappa shape index (κ1) is 15.5. The summed E-state index contributed by atoms with van der Waals surface area (Å²) < 4.78 is 103. The van der Waals surface area contributed by atoms with Crippen LogP contribution in [0.25, 0.3) is 0 Å². The van der Waals surface area contributed by atoms with E-state index in [9.17, 15) is 35.1 Å². The molecule has 1 heterocycles. The fourth-order valence-corrected chi connectivity index (χ4v) is 1.89. The van der Waals surface area contributed by atoms with E-state index in [1.54, 1.807) is 0 Å². The van der Waals surface area contributed by atoms with Crippen molar-refractivity contribution in [3.8, 4) is 0 Å². The molecule has 0 saturated heterocycles. The summed E-state index contributed by atoms with van der Waals surface area (Å²) in [5, 5.41) is 1.94. The molecule has 1 unspecified atom stereocenters. The lowest BCUT2D eigenvalue weighted by atomic mass is 10.0. The Morgan fingerprint density at radius 2 is 1.48 bits per heavy atom.